The second kappa shape index (κ2) is 8.03. The molecule has 0 bridgehead atoms. The Balaban J connectivity index is 2.37. The van der Waals surface area contributed by atoms with Crippen LogP contribution in [0.5, 0.6) is 0 Å². The molecule has 1 fully saturated rings. The van der Waals surface area contributed by atoms with Crippen LogP contribution in [0.25, 0.3) is 0 Å². The lowest BCUT2D eigenvalue weighted by molar-refractivity contribution is 0.0289. The molecule has 0 amide bonds. The smallest absolute Gasteiger partial charge is 0.0618 e. The van der Waals surface area contributed by atoms with Crippen molar-refractivity contribution >= 4 is 0 Å². The molecular formula is C13H28N2O2. The molecule has 2 unspecified atom stereocenters. The third-order valence-corrected chi connectivity index (χ3v) is 3.87. The Bertz CT molecular complexity index is 192. The van der Waals surface area contributed by atoms with Crippen molar-refractivity contribution in [3.8, 4) is 0 Å². The van der Waals surface area contributed by atoms with Crippen LogP contribution in [0.15, 0.2) is 0 Å². The molecule has 0 saturated carbocycles. The zero-order valence-corrected chi connectivity index (χ0v) is 11.3. The van der Waals surface area contributed by atoms with Gasteiger partial charge >= 0.3 is 0 Å². The van der Waals surface area contributed by atoms with Crippen molar-refractivity contribution in [3.63, 3.8) is 0 Å². The van der Waals surface area contributed by atoms with Gasteiger partial charge in [0.25, 0.3) is 0 Å². The highest BCUT2D eigenvalue weighted by Gasteiger charge is 2.26. The Kier molecular flexibility index (Phi) is 7.04. The summed E-state index contributed by atoms with van der Waals surface area (Å²) in [4.78, 5) is 2.50. The van der Waals surface area contributed by atoms with Crippen LogP contribution in [0.1, 0.15) is 32.6 Å². The van der Waals surface area contributed by atoms with Crippen molar-refractivity contribution in [1.29, 1.82) is 0 Å². The van der Waals surface area contributed by atoms with E-state index in [4.69, 9.17) is 10.5 Å². The number of methoxy groups -OCH3 is 1. The summed E-state index contributed by atoms with van der Waals surface area (Å²) in [5.74, 6) is 0.476. The number of aliphatic hydroxyl groups is 1. The highest BCUT2D eigenvalue weighted by molar-refractivity contribution is 4.80. The lowest BCUT2D eigenvalue weighted by Crippen LogP contribution is -2.45. The molecule has 0 aromatic carbocycles. The van der Waals surface area contributed by atoms with Crippen molar-refractivity contribution < 1.29 is 9.84 Å². The van der Waals surface area contributed by atoms with Crippen molar-refractivity contribution in [3.05, 3.63) is 0 Å². The van der Waals surface area contributed by atoms with Crippen molar-refractivity contribution in [1.82, 2.24) is 4.90 Å². The van der Waals surface area contributed by atoms with Crippen LogP contribution >= 0.6 is 0 Å². The molecule has 0 aromatic rings. The molecule has 1 heterocycles. The molecule has 0 aromatic heterocycles. The van der Waals surface area contributed by atoms with Crippen LogP contribution in [0.3, 0.4) is 0 Å². The van der Waals surface area contributed by atoms with E-state index in [0.717, 1.165) is 51.9 Å². The Hall–Kier alpha value is -0.160. The summed E-state index contributed by atoms with van der Waals surface area (Å²) in [6.45, 7) is 5.60. The topological polar surface area (TPSA) is 58.7 Å². The predicted octanol–water partition coefficient (Wildman–Crippen LogP) is 0.833. The molecule has 0 aliphatic carbocycles. The number of likely N-dealkylation sites (tertiary alicyclic amines) is 1. The van der Waals surface area contributed by atoms with E-state index in [2.05, 4.69) is 4.90 Å². The minimum absolute atomic E-state index is 0.165. The molecule has 1 saturated heterocycles. The van der Waals surface area contributed by atoms with Crippen LogP contribution in [0.2, 0.25) is 0 Å². The second-order valence-corrected chi connectivity index (χ2v) is 5.15. The zero-order valence-electron chi connectivity index (χ0n) is 11.3. The van der Waals surface area contributed by atoms with Crippen LogP contribution in [-0.4, -0.2) is 55.5 Å². The minimum Gasteiger partial charge on any atom is -0.393 e. The van der Waals surface area contributed by atoms with Gasteiger partial charge in [-0.25, -0.2) is 0 Å². The minimum atomic E-state index is -0.165. The summed E-state index contributed by atoms with van der Waals surface area (Å²) in [7, 11) is 1.76. The summed E-state index contributed by atoms with van der Waals surface area (Å²) < 4.78 is 5.30. The average Bonchev–Trinajstić information content (AvgIpc) is 2.34. The van der Waals surface area contributed by atoms with E-state index < -0.39 is 0 Å². The van der Waals surface area contributed by atoms with Gasteiger partial charge in [0.1, 0.15) is 0 Å². The molecule has 17 heavy (non-hydrogen) atoms. The number of piperidine rings is 1. The Labute approximate surface area is 105 Å². The van der Waals surface area contributed by atoms with Crippen LogP contribution in [-0.2, 0) is 4.74 Å². The fourth-order valence-corrected chi connectivity index (χ4v) is 2.68. The number of ether oxygens (including phenoxy) is 1. The summed E-state index contributed by atoms with van der Waals surface area (Å²) in [5.41, 5.74) is 5.57. The van der Waals surface area contributed by atoms with Gasteiger partial charge in [-0.15, -0.1) is 0 Å². The first-order valence-electron chi connectivity index (χ1n) is 6.80. The Morgan fingerprint density at radius 1 is 1.41 bits per heavy atom. The van der Waals surface area contributed by atoms with Crippen molar-refractivity contribution in [2.75, 3.05) is 33.4 Å². The van der Waals surface area contributed by atoms with Gasteiger partial charge in [-0.2, -0.15) is 0 Å². The Morgan fingerprint density at radius 2 is 2.06 bits per heavy atom. The molecule has 3 N–H and O–H groups in total. The molecule has 0 radical (unpaired) electrons. The van der Waals surface area contributed by atoms with Gasteiger partial charge in [0.05, 0.1) is 12.7 Å². The maximum absolute atomic E-state index is 9.59. The highest BCUT2D eigenvalue weighted by Crippen LogP contribution is 2.23. The first kappa shape index (κ1) is 14.9. The van der Waals surface area contributed by atoms with E-state index in [0.29, 0.717) is 12.0 Å². The molecule has 4 heteroatoms. The number of hydrogen-bond donors (Lipinski definition) is 2. The predicted molar refractivity (Wildman–Crippen MR) is 69.9 cm³/mol. The first-order chi connectivity index (χ1) is 8.19. The number of aliphatic hydroxyl groups excluding tert-OH is 1. The molecule has 102 valence electrons. The summed E-state index contributed by atoms with van der Waals surface area (Å²) in [6, 6.07) is 0.499. The SMILES string of the molecule is COCC(CCCN)N1CCC(C(C)O)CC1. The van der Waals surface area contributed by atoms with E-state index in [1.165, 1.54) is 0 Å². The molecule has 1 rings (SSSR count). The molecule has 1 aliphatic heterocycles. The quantitative estimate of drug-likeness (QED) is 0.696. The van der Waals surface area contributed by atoms with Gasteiger partial charge in [-0.3, -0.25) is 4.90 Å². The third-order valence-electron chi connectivity index (χ3n) is 3.87. The van der Waals surface area contributed by atoms with Crippen LogP contribution in [0.4, 0.5) is 0 Å². The summed E-state index contributed by atoms with van der Waals surface area (Å²) in [6.07, 6.45) is 4.21. The zero-order chi connectivity index (χ0) is 12.7. The lowest BCUT2D eigenvalue weighted by Gasteiger charge is -2.38. The van der Waals surface area contributed by atoms with Gasteiger partial charge in [-0.05, 0) is 58.2 Å². The van der Waals surface area contributed by atoms with E-state index in [1.54, 1.807) is 7.11 Å². The van der Waals surface area contributed by atoms with E-state index in [-0.39, 0.29) is 6.10 Å². The first-order valence-corrected chi connectivity index (χ1v) is 6.80. The largest absolute Gasteiger partial charge is 0.393 e. The maximum Gasteiger partial charge on any atom is 0.0618 e. The van der Waals surface area contributed by atoms with E-state index >= 15 is 0 Å². The Morgan fingerprint density at radius 3 is 2.53 bits per heavy atom. The van der Waals surface area contributed by atoms with Crippen molar-refractivity contribution in [2.24, 2.45) is 11.7 Å². The summed E-state index contributed by atoms with van der Waals surface area (Å²) >= 11 is 0. The molecule has 1 aliphatic rings. The number of nitrogens with two attached hydrogens (primary N) is 1. The van der Waals surface area contributed by atoms with E-state index in [1.807, 2.05) is 6.92 Å². The maximum atomic E-state index is 9.59. The standard InChI is InChI=1S/C13H28N2O2/c1-11(16)12-5-8-15(9-6-12)13(10-17-2)4-3-7-14/h11-13,16H,3-10,14H2,1-2H3. The third kappa shape index (κ3) is 4.92. The van der Waals surface area contributed by atoms with Gasteiger partial charge in [0.2, 0.25) is 0 Å². The molecule has 0 spiro atoms. The fourth-order valence-electron chi connectivity index (χ4n) is 2.68. The summed E-state index contributed by atoms with van der Waals surface area (Å²) in [5, 5.41) is 9.59. The lowest BCUT2D eigenvalue weighted by atomic mass is 9.91. The van der Waals surface area contributed by atoms with E-state index in [9.17, 15) is 5.11 Å². The van der Waals surface area contributed by atoms with Crippen LogP contribution in [0, 0.1) is 5.92 Å². The molecular weight excluding hydrogens is 216 g/mol. The van der Waals surface area contributed by atoms with Gasteiger partial charge < -0.3 is 15.6 Å². The number of rotatable bonds is 7. The average molecular weight is 244 g/mol. The monoisotopic (exact) mass is 244 g/mol. The number of hydrogen-bond acceptors (Lipinski definition) is 4. The van der Waals surface area contributed by atoms with Crippen molar-refractivity contribution in [2.45, 2.75) is 44.8 Å². The van der Waals surface area contributed by atoms with Gasteiger partial charge in [0.15, 0.2) is 0 Å². The fraction of sp³-hybridized carbons (Fsp3) is 1.00. The highest BCUT2D eigenvalue weighted by atomic mass is 16.5. The van der Waals surface area contributed by atoms with Crippen LogP contribution < -0.4 is 5.73 Å². The van der Waals surface area contributed by atoms with Gasteiger partial charge in [0, 0.05) is 13.2 Å². The molecule has 2 atom stereocenters. The second-order valence-electron chi connectivity index (χ2n) is 5.15. The number of nitrogens with zero attached hydrogens (tertiary/aromatic N) is 1. The molecule has 4 nitrogen and oxygen atoms in total. The normalized spacial score (nSPS) is 22.6. The van der Waals surface area contributed by atoms with Gasteiger partial charge in [-0.1, -0.05) is 0 Å².